The highest BCUT2D eigenvalue weighted by Crippen LogP contribution is 2.24. The number of hydrogen-bond acceptors (Lipinski definition) is 4. The second-order valence-corrected chi connectivity index (χ2v) is 8.04. The molecule has 30 heavy (non-hydrogen) atoms. The van der Waals surface area contributed by atoms with E-state index in [-0.39, 0.29) is 17.6 Å². The standard InChI is InChI=1S/C25H29N3O2/c1-18-17-24(19(2)28(18)22-7-5-4-6-8-22)25(30)20(3)26-13-15-27(16-14-26)21-9-11-23(29)12-10-21/h4-12,17,20,29H,13-16H2,1-3H3/t20-/m1/s1. The Hall–Kier alpha value is -3.05. The highest BCUT2D eigenvalue weighted by Gasteiger charge is 2.28. The second kappa shape index (κ2) is 8.36. The van der Waals surface area contributed by atoms with Crippen LogP contribution in [0.15, 0.2) is 60.7 Å². The molecule has 1 aliphatic heterocycles. The van der Waals surface area contributed by atoms with Crippen LogP contribution < -0.4 is 4.90 Å². The number of piperazine rings is 1. The molecular formula is C25H29N3O2. The largest absolute Gasteiger partial charge is 0.508 e. The SMILES string of the molecule is Cc1cc(C(=O)[C@@H](C)N2CCN(c3ccc(O)cc3)CC2)c(C)n1-c1ccccc1. The van der Waals surface area contributed by atoms with Gasteiger partial charge in [0.05, 0.1) is 6.04 Å². The van der Waals surface area contributed by atoms with Gasteiger partial charge >= 0.3 is 0 Å². The number of nitrogens with zero attached hydrogens (tertiary/aromatic N) is 3. The molecule has 0 bridgehead atoms. The van der Waals surface area contributed by atoms with Gasteiger partial charge in [0.1, 0.15) is 5.75 Å². The van der Waals surface area contributed by atoms with Crippen molar-refractivity contribution in [1.82, 2.24) is 9.47 Å². The molecule has 2 heterocycles. The summed E-state index contributed by atoms with van der Waals surface area (Å²) >= 11 is 0. The van der Waals surface area contributed by atoms with Gasteiger partial charge in [0.25, 0.3) is 0 Å². The molecule has 0 unspecified atom stereocenters. The normalized spacial score (nSPS) is 15.9. The average Bonchev–Trinajstić information content (AvgIpc) is 3.08. The molecule has 1 aromatic heterocycles. The Kier molecular flexibility index (Phi) is 5.64. The van der Waals surface area contributed by atoms with Crippen LogP contribution in [0.1, 0.15) is 28.7 Å². The highest BCUT2D eigenvalue weighted by molar-refractivity contribution is 6.01. The maximum absolute atomic E-state index is 13.4. The highest BCUT2D eigenvalue weighted by atomic mass is 16.3. The first-order chi connectivity index (χ1) is 14.5. The summed E-state index contributed by atoms with van der Waals surface area (Å²) in [5.74, 6) is 0.466. The van der Waals surface area contributed by atoms with E-state index >= 15 is 0 Å². The number of aromatic hydroxyl groups is 1. The molecule has 0 saturated carbocycles. The van der Waals surface area contributed by atoms with Crippen LogP contribution in [0.25, 0.3) is 5.69 Å². The lowest BCUT2D eigenvalue weighted by molar-refractivity contribution is 0.0829. The molecule has 1 saturated heterocycles. The second-order valence-electron chi connectivity index (χ2n) is 8.04. The van der Waals surface area contributed by atoms with Gasteiger partial charge in [-0.15, -0.1) is 0 Å². The van der Waals surface area contributed by atoms with E-state index in [1.165, 1.54) is 0 Å². The maximum atomic E-state index is 13.4. The predicted molar refractivity (Wildman–Crippen MR) is 121 cm³/mol. The Morgan fingerprint density at radius 2 is 1.53 bits per heavy atom. The summed E-state index contributed by atoms with van der Waals surface area (Å²) in [5, 5.41) is 9.49. The molecule has 0 spiro atoms. The van der Waals surface area contributed by atoms with Gasteiger partial charge in [0.2, 0.25) is 0 Å². The molecule has 1 atom stereocenters. The van der Waals surface area contributed by atoms with Crippen LogP contribution in [0.3, 0.4) is 0 Å². The lowest BCUT2D eigenvalue weighted by Gasteiger charge is -2.38. The fraction of sp³-hybridized carbons (Fsp3) is 0.320. The minimum absolute atomic E-state index is 0.156. The Morgan fingerprint density at radius 3 is 2.17 bits per heavy atom. The van der Waals surface area contributed by atoms with E-state index < -0.39 is 0 Å². The monoisotopic (exact) mass is 403 g/mol. The summed E-state index contributed by atoms with van der Waals surface area (Å²) in [5.41, 5.74) is 5.08. The summed E-state index contributed by atoms with van der Waals surface area (Å²) in [7, 11) is 0. The number of phenolic OH excluding ortho intramolecular Hbond substituents is 1. The fourth-order valence-electron chi connectivity index (χ4n) is 4.41. The first kappa shape index (κ1) is 20.2. The molecule has 5 nitrogen and oxygen atoms in total. The summed E-state index contributed by atoms with van der Waals surface area (Å²) < 4.78 is 2.16. The average molecular weight is 404 g/mol. The maximum Gasteiger partial charge on any atom is 0.181 e. The van der Waals surface area contributed by atoms with E-state index in [1.54, 1.807) is 12.1 Å². The van der Waals surface area contributed by atoms with Crippen LogP contribution in [0.5, 0.6) is 5.75 Å². The number of hydrogen-bond donors (Lipinski definition) is 1. The lowest BCUT2D eigenvalue weighted by Crippen LogP contribution is -2.51. The first-order valence-electron chi connectivity index (χ1n) is 10.5. The zero-order valence-electron chi connectivity index (χ0n) is 17.9. The molecule has 1 aliphatic rings. The number of aryl methyl sites for hydroxylation is 1. The third-order valence-electron chi connectivity index (χ3n) is 6.17. The van der Waals surface area contributed by atoms with Gasteiger partial charge in [-0.1, -0.05) is 18.2 Å². The molecule has 156 valence electrons. The molecule has 3 aromatic rings. The van der Waals surface area contributed by atoms with Crippen molar-refractivity contribution in [3.8, 4) is 11.4 Å². The number of anilines is 1. The van der Waals surface area contributed by atoms with Crippen molar-refractivity contribution in [2.45, 2.75) is 26.8 Å². The molecule has 1 fully saturated rings. The van der Waals surface area contributed by atoms with Crippen molar-refractivity contribution in [3.05, 3.63) is 77.6 Å². The molecule has 1 N–H and O–H groups in total. The Balaban J connectivity index is 1.46. The number of carbonyl (C=O) groups excluding carboxylic acids is 1. The van der Waals surface area contributed by atoms with Crippen molar-refractivity contribution in [2.24, 2.45) is 0 Å². The summed E-state index contributed by atoms with van der Waals surface area (Å²) in [6, 6.07) is 19.4. The number of rotatable bonds is 5. The van der Waals surface area contributed by atoms with Gasteiger partial charge in [0.15, 0.2) is 5.78 Å². The van der Waals surface area contributed by atoms with E-state index in [0.717, 1.165) is 54.5 Å². The van der Waals surface area contributed by atoms with E-state index in [2.05, 4.69) is 33.4 Å². The molecule has 0 aliphatic carbocycles. The fourth-order valence-corrected chi connectivity index (χ4v) is 4.41. The van der Waals surface area contributed by atoms with Gasteiger partial charge in [0, 0.05) is 54.5 Å². The topological polar surface area (TPSA) is 48.7 Å². The molecule has 5 heteroatoms. The van der Waals surface area contributed by atoms with Crippen LogP contribution in [-0.4, -0.2) is 52.6 Å². The van der Waals surface area contributed by atoms with E-state index in [9.17, 15) is 9.90 Å². The summed E-state index contributed by atoms with van der Waals surface area (Å²) in [4.78, 5) is 17.9. The van der Waals surface area contributed by atoms with E-state index in [4.69, 9.17) is 0 Å². The van der Waals surface area contributed by atoms with Crippen molar-refractivity contribution in [2.75, 3.05) is 31.1 Å². The van der Waals surface area contributed by atoms with Crippen molar-refractivity contribution >= 4 is 11.5 Å². The van der Waals surface area contributed by atoms with Crippen LogP contribution in [0, 0.1) is 13.8 Å². The van der Waals surface area contributed by atoms with Gasteiger partial charge < -0.3 is 14.6 Å². The Morgan fingerprint density at radius 1 is 0.900 bits per heavy atom. The Bertz CT molecular complexity index is 1020. The quantitative estimate of drug-likeness (QED) is 0.649. The third kappa shape index (κ3) is 3.85. The van der Waals surface area contributed by atoms with Crippen LogP contribution >= 0.6 is 0 Å². The number of carbonyl (C=O) groups is 1. The van der Waals surface area contributed by atoms with Crippen molar-refractivity contribution in [1.29, 1.82) is 0 Å². The van der Waals surface area contributed by atoms with E-state index in [0.29, 0.717) is 0 Å². The zero-order valence-corrected chi connectivity index (χ0v) is 17.9. The summed E-state index contributed by atoms with van der Waals surface area (Å²) in [6.45, 7) is 9.51. The molecular weight excluding hydrogens is 374 g/mol. The van der Waals surface area contributed by atoms with Gasteiger partial charge in [-0.2, -0.15) is 0 Å². The third-order valence-corrected chi connectivity index (χ3v) is 6.17. The number of Topliss-reactive ketones (excluding diaryl/α,β-unsaturated/α-hetero) is 1. The number of para-hydroxylation sites is 1. The number of benzene rings is 2. The van der Waals surface area contributed by atoms with Crippen molar-refractivity contribution < 1.29 is 9.90 Å². The van der Waals surface area contributed by atoms with Gasteiger partial charge in [-0.25, -0.2) is 0 Å². The Labute approximate surface area is 178 Å². The smallest absolute Gasteiger partial charge is 0.181 e. The molecule has 0 radical (unpaired) electrons. The van der Waals surface area contributed by atoms with Crippen molar-refractivity contribution in [3.63, 3.8) is 0 Å². The minimum Gasteiger partial charge on any atom is -0.508 e. The number of aromatic nitrogens is 1. The van der Waals surface area contributed by atoms with Crippen LogP contribution in [0.4, 0.5) is 5.69 Å². The first-order valence-corrected chi connectivity index (χ1v) is 10.5. The summed E-state index contributed by atoms with van der Waals surface area (Å²) in [6.07, 6.45) is 0. The molecule has 2 aromatic carbocycles. The number of ketones is 1. The van der Waals surface area contributed by atoms with E-state index in [1.807, 2.05) is 50.2 Å². The van der Waals surface area contributed by atoms with Crippen LogP contribution in [0.2, 0.25) is 0 Å². The van der Waals surface area contributed by atoms with Gasteiger partial charge in [-0.3, -0.25) is 9.69 Å². The minimum atomic E-state index is -0.156. The lowest BCUT2D eigenvalue weighted by atomic mass is 10.0. The molecule has 4 rings (SSSR count). The van der Waals surface area contributed by atoms with Gasteiger partial charge in [-0.05, 0) is 63.2 Å². The zero-order chi connectivity index (χ0) is 21.3. The predicted octanol–water partition coefficient (Wildman–Crippen LogP) is 4.19. The molecule has 0 amide bonds. The van der Waals surface area contributed by atoms with Crippen LogP contribution in [-0.2, 0) is 0 Å². The number of phenols is 1.